The van der Waals surface area contributed by atoms with E-state index in [2.05, 4.69) is 18.9 Å². The highest BCUT2D eigenvalue weighted by Gasteiger charge is 2.09. The van der Waals surface area contributed by atoms with Gasteiger partial charge in [0, 0.05) is 12.2 Å². The lowest BCUT2D eigenvalue weighted by Gasteiger charge is -2.12. The van der Waals surface area contributed by atoms with Crippen molar-refractivity contribution >= 4 is 5.78 Å². The summed E-state index contributed by atoms with van der Waals surface area (Å²) in [4.78, 5) is 11.9. The second kappa shape index (κ2) is 5.98. The quantitative estimate of drug-likeness (QED) is 0.762. The highest BCUT2D eigenvalue weighted by molar-refractivity contribution is 5.91. The Balaban J connectivity index is 1.93. The number of hydrogen-bond donors (Lipinski definition) is 0. The lowest BCUT2D eigenvalue weighted by atomic mass is 9.93. The number of rotatable bonds is 4. The highest BCUT2D eigenvalue weighted by Crippen LogP contribution is 2.22. The molecule has 98 valence electrons. The third-order valence-electron chi connectivity index (χ3n) is 3.41. The molecule has 0 aromatic carbocycles. The van der Waals surface area contributed by atoms with E-state index in [-0.39, 0.29) is 5.78 Å². The minimum absolute atomic E-state index is 0.195. The summed E-state index contributed by atoms with van der Waals surface area (Å²) in [5.74, 6) is 0.195. The minimum Gasteiger partial charge on any atom is -0.294 e. The molecule has 0 saturated heterocycles. The summed E-state index contributed by atoms with van der Waals surface area (Å²) < 4.78 is 1.90. The van der Waals surface area contributed by atoms with Gasteiger partial charge in [-0.05, 0) is 51.7 Å². The highest BCUT2D eigenvalue weighted by atomic mass is 16.1. The second-order valence-electron chi connectivity index (χ2n) is 5.39. The van der Waals surface area contributed by atoms with Crippen molar-refractivity contribution in [2.24, 2.45) is 0 Å². The van der Waals surface area contributed by atoms with Crippen LogP contribution in [0.4, 0.5) is 0 Å². The van der Waals surface area contributed by atoms with Gasteiger partial charge < -0.3 is 0 Å². The number of ketones is 1. The standard InChI is InChI=1S/C15H22N2O/c1-12(2)17-9-8-14(16-17)11-15(18)10-13-6-4-3-5-7-13/h8-10,12H,3-7,11H2,1-2H3. The molecule has 0 aliphatic heterocycles. The van der Waals surface area contributed by atoms with Crippen LogP contribution in [0.25, 0.3) is 0 Å². The molecule has 3 heteroatoms. The van der Waals surface area contributed by atoms with Gasteiger partial charge in [-0.3, -0.25) is 9.48 Å². The van der Waals surface area contributed by atoms with Crippen molar-refractivity contribution < 1.29 is 4.79 Å². The maximum absolute atomic E-state index is 11.9. The fraction of sp³-hybridized carbons (Fsp3) is 0.600. The maximum atomic E-state index is 11.9. The van der Waals surface area contributed by atoms with Crippen molar-refractivity contribution in [3.05, 3.63) is 29.6 Å². The Labute approximate surface area is 109 Å². The first-order valence-electron chi connectivity index (χ1n) is 6.91. The lowest BCUT2D eigenvalue weighted by Crippen LogP contribution is -2.05. The molecule has 1 heterocycles. The van der Waals surface area contributed by atoms with Gasteiger partial charge >= 0.3 is 0 Å². The van der Waals surface area contributed by atoms with Crippen LogP contribution < -0.4 is 0 Å². The molecule has 1 aliphatic rings. The van der Waals surface area contributed by atoms with Crippen molar-refractivity contribution in [2.75, 3.05) is 0 Å². The average molecular weight is 246 g/mol. The van der Waals surface area contributed by atoms with Gasteiger partial charge in [0.1, 0.15) is 0 Å². The summed E-state index contributed by atoms with van der Waals surface area (Å²) >= 11 is 0. The summed E-state index contributed by atoms with van der Waals surface area (Å²) in [6.45, 7) is 4.17. The molecule has 0 atom stereocenters. The van der Waals surface area contributed by atoms with Gasteiger partial charge in [0.2, 0.25) is 0 Å². The number of allylic oxidation sites excluding steroid dienone is 2. The molecule has 1 saturated carbocycles. The van der Waals surface area contributed by atoms with E-state index in [4.69, 9.17) is 0 Å². The SMILES string of the molecule is CC(C)n1ccc(CC(=O)C=C2CCCCC2)n1. The molecule has 2 rings (SSSR count). The van der Waals surface area contributed by atoms with Crippen LogP contribution in [0.2, 0.25) is 0 Å². The zero-order valence-electron chi connectivity index (χ0n) is 11.4. The van der Waals surface area contributed by atoms with Crippen molar-refractivity contribution in [3.63, 3.8) is 0 Å². The Morgan fingerprint density at radius 3 is 2.72 bits per heavy atom. The minimum atomic E-state index is 0.195. The zero-order valence-corrected chi connectivity index (χ0v) is 11.4. The largest absolute Gasteiger partial charge is 0.294 e. The first-order valence-corrected chi connectivity index (χ1v) is 6.91. The van der Waals surface area contributed by atoms with Crippen LogP contribution in [0.1, 0.15) is 57.7 Å². The molecule has 3 nitrogen and oxygen atoms in total. The van der Waals surface area contributed by atoms with Gasteiger partial charge in [-0.2, -0.15) is 5.10 Å². The van der Waals surface area contributed by atoms with E-state index in [1.807, 2.05) is 23.0 Å². The molecule has 0 N–H and O–H groups in total. The fourth-order valence-electron chi connectivity index (χ4n) is 2.37. The van der Waals surface area contributed by atoms with Gasteiger partial charge in [-0.25, -0.2) is 0 Å². The van der Waals surface area contributed by atoms with Crippen molar-refractivity contribution in [2.45, 2.75) is 58.4 Å². The maximum Gasteiger partial charge on any atom is 0.161 e. The Bertz CT molecular complexity index is 435. The summed E-state index contributed by atoms with van der Waals surface area (Å²) in [5, 5.41) is 4.41. The molecule has 0 spiro atoms. The number of nitrogens with zero attached hydrogens (tertiary/aromatic N) is 2. The molecule has 0 unspecified atom stereocenters. The monoisotopic (exact) mass is 246 g/mol. The molecule has 1 aromatic rings. The average Bonchev–Trinajstić information content (AvgIpc) is 2.78. The molecule has 18 heavy (non-hydrogen) atoms. The predicted molar refractivity (Wildman–Crippen MR) is 72.5 cm³/mol. The third-order valence-corrected chi connectivity index (χ3v) is 3.41. The summed E-state index contributed by atoms with van der Waals surface area (Å²) in [6, 6.07) is 2.29. The van der Waals surface area contributed by atoms with Crippen LogP contribution in [0.15, 0.2) is 23.9 Å². The van der Waals surface area contributed by atoms with E-state index in [0.29, 0.717) is 12.5 Å². The van der Waals surface area contributed by atoms with Gasteiger partial charge in [0.25, 0.3) is 0 Å². The van der Waals surface area contributed by atoms with Crippen LogP contribution in [-0.2, 0) is 11.2 Å². The van der Waals surface area contributed by atoms with E-state index < -0.39 is 0 Å². The van der Waals surface area contributed by atoms with Crippen LogP contribution in [0.3, 0.4) is 0 Å². The second-order valence-corrected chi connectivity index (χ2v) is 5.39. The Kier molecular flexibility index (Phi) is 4.34. The summed E-state index contributed by atoms with van der Waals surface area (Å²) in [5.41, 5.74) is 2.20. The molecular formula is C15H22N2O. The van der Waals surface area contributed by atoms with Crippen LogP contribution in [-0.4, -0.2) is 15.6 Å². The van der Waals surface area contributed by atoms with Crippen LogP contribution >= 0.6 is 0 Å². The number of carbonyl (C=O) groups excluding carboxylic acids is 1. The number of carbonyl (C=O) groups is 1. The van der Waals surface area contributed by atoms with Crippen molar-refractivity contribution in [3.8, 4) is 0 Å². The van der Waals surface area contributed by atoms with Gasteiger partial charge in [-0.1, -0.05) is 12.0 Å². The topological polar surface area (TPSA) is 34.9 Å². The Hall–Kier alpha value is -1.38. The van der Waals surface area contributed by atoms with Crippen LogP contribution in [0, 0.1) is 0 Å². The normalized spacial score (nSPS) is 16.1. The summed E-state index contributed by atoms with van der Waals surface area (Å²) in [6.07, 6.45) is 10.2. The molecule has 0 bridgehead atoms. The molecule has 1 aromatic heterocycles. The van der Waals surface area contributed by atoms with E-state index in [1.165, 1.54) is 24.8 Å². The van der Waals surface area contributed by atoms with E-state index in [9.17, 15) is 4.79 Å². The first-order chi connectivity index (χ1) is 8.65. The van der Waals surface area contributed by atoms with Gasteiger partial charge in [-0.15, -0.1) is 0 Å². The van der Waals surface area contributed by atoms with Gasteiger partial charge in [0.05, 0.1) is 12.1 Å². The third kappa shape index (κ3) is 3.56. The van der Waals surface area contributed by atoms with Crippen molar-refractivity contribution in [1.82, 2.24) is 9.78 Å². The number of aromatic nitrogens is 2. The fourth-order valence-corrected chi connectivity index (χ4v) is 2.37. The van der Waals surface area contributed by atoms with E-state index in [1.54, 1.807) is 0 Å². The number of hydrogen-bond acceptors (Lipinski definition) is 2. The predicted octanol–water partition coefficient (Wildman–Crippen LogP) is 3.47. The Morgan fingerprint density at radius 2 is 2.11 bits per heavy atom. The van der Waals surface area contributed by atoms with E-state index >= 15 is 0 Å². The summed E-state index contributed by atoms with van der Waals surface area (Å²) in [7, 11) is 0. The zero-order chi connectivity index (χ0) is 13.0. The molecule has 0 amide bonds. The lowest BCUT2D eigenvalue weighted by molar-refractivity contribution is -0.114. The van der Waals surface area contributed by atoms with Crippen molar-refractivity contribution in [1.29, 1.82) is 0 Å². The molecular weight excluding hydrogens is 224 g/mol. The smallest absolute Gasteiger partial charge is 0.161 e. The van der Waals surface area contributed by atoms with Crippen LogP contribution in [0.5, 0.6) is 0 Å². The molecule has 1 aliphatic carbocycles. The van der Waals surface area contributed by atoms with E-state index in [0.717, 1.165) is 18.5 Å². The van der Waals surface area contributed by atoms with Gasteiger partial charge in [0.15, 0.2) is 5.78 Å². The molecule has 1 fully saturated rings. The Morgan fingerprint density at radius 1 is 1.39 bits per heavy atom. The first kappa shape index (κ1) is 13.1. The molecule has 0 radical (unpaired) electrons.